The molecule has 0 spiro atoms. The van der Waals surface area contributed by atoms with Crippen molar-refractivity contribution in [3.05, 3.63) is 44.2 Å². The van der Waals surface area contributed by atoms with Crippen molar-refractivity contribution in [3.63, 3.8) is 0 Å². The summed E-state index contributed by atoms with van der Waals surface area (Å²) in [5.74, 6) is 0.592. The number of fused-ring (bicyclic) bond motifs is 1. The Morgan fingerprint density at radius 1 is 1.38 bits per heavy atom. The topological polar surface area (TPSA) is 86.8 Å². The highest BCUT2D eigenvalue weighted by Crippen LogP contribution is 2.36. The average Bonchev–Trinajstić information content (AvgIpc) is 3.31. The van der Waals surface area contributed by atoms with Gasteiger partial charge in [0.1, 0.15) is 11.1 Å². The highest BCUT2D eigenvalue weighted by Gasteiger charge is 2.24. The van der Waals surface area contributed by atoms with Gasteiger partial charge in [0.2, 0.25) is 5.91 Å². The first kappa shape index (κ1) is 23.1. The number of anilines is 1. The third-order valence-corrected chi connectivity index (χ3v) is 7.80. The third-order valence-electron chi connectivity index (χ3n) is 5.15. The standard InChI is InChI=1S/C21H20Cl2N6OS2/c1-3-29-19(14-5-4-12(22)8-16(14)23)26-27-21(29)31-11-18(30)25-20-15(9-24)13-6-7-28(2)10-17(13)32-20/h4-5,8H,3,6-7,10-11H2,1-2H3,(H,25,30). The lowest BCUT2D eigenvalue weighted by atomic mass is 10.0. The van der Waals surface area contributed by atoms with Crippen molar-refractivity contribution >= 4 is 57.2 Å². The van der Waals surface area contributed by atoms with Gasteiger partial charge < -0.3 is 14.8 Å². The lowest BCUT2D eigenvalue weighted by Gasteiger charge is -2.21. The number of amides is 1. The number of rotatable bonds is 6. The van der Waals surface area contributed by atoms with Crippen molar-refractivity contribution in [1.29, 1.82) is 5.26 Å². The second-order valence-electron chi connectivity index (χ2n) is 7.32. The number of aromatic nitrogens is 3. The fourth-order valence-corrected chi connectivity index (χ4v) is 6.17. The molecule has 4 rings (SSSR count). The monoisotopic (exact) mass is 506 g/mol. The fraction of sp³-hybridized carbons (Fsp3) is 0.333. The van der Waals surface area contributed by atoms with E-state index in [0.717, 1.165) is 35.5 Å². The molecule has 1 amide bonds. The van der Waals surface area contributed by atoms with Gasteiger partial charge in [-0.2, -0.15) is 5.26 Å². The number of carbonyl (C=O) groups excluding carboxylic acids is 1. The van der Waals surface area contributed by atoms with E-state index in [1.54, 1.807) is 18.2 Å². The van der Waals surface area contributed by atoms with Crippen LogP contribution in [0.4, 0.5) is 5.00 Å². The van der Waals surface area contributed by atoms with E-state index >= 15 is 0 Å². The number of benzene rings is 1. The Kier molecular flexibility index (Phi) is 7.08. The minimum absolute atomic E-state index is 0.153. The van der Waals surface area contributed by atoms with Gasteiger partial charge in [0.05, 0.1) is 16.3 Å². The van der Waals surface area contributed by atoms with E-state index in [9.17, 15) is 10.1 Å². The van der Waals surface area contributed by atoms with E-state index in [-0.39, 0.29) is 11.7 Å². The molecule has 1 N–H and O–H groups in total. The number of nitrogens with one attached hydrogen (secondary N) is 1. The van der Waals surface area contributed by atoms with Gasteiger partial charge in [0.15, 0.2) is 11.0 Å². The molecule has 0 saturated heterocycles. The molecule has 0 radical (unpaired) electrons. The molecule has 0 atom stereocenters. The van der Waals surface area contributed by atoms with Gasteiger partial charge in [-0.15, -0.1) is 21.5 Å². The minimum Gasteiger partial charge on any atom is -0.316 e. The maximum Gasteiger partial charge on any atom is 0.235 e. The number of thioether (sulfide) groups is 1. The molecule has 1 aliphatic rings. The van der Waals surface area contributed by atoms with Crippen LogP contribution in [0.2, 0.25) is 10.0 Å². The van der Waals surface area contributed by atoms with E-state index in [1.165, 1.54) is 23.1 Å². The van der Waals surface area contributed by atoms with Crippen molar-refractivity contribution in [3.8, 4) is 17.5 Å². The summed E-state index contributed by atoms with van der Waals surface area (Å²) in [6, 6.07) is 7.49. The van der Waals surface area contributed by atoms with E-state index < -0.39 is 0 Å². The maximum atomic E-state index is 12.7. The fourth-order valence-electron chi connectivity index (χ4n) is 3.58. The lowest BCUT2D eigenvalue weighted by molar-refractivity contribution is -0.113. The molecule has 0 bridgehead atoms. The predicted octanol–water partition coefficient (Wildman–Crippen LogP) is 4.92. The van der Waals surface area contributed by atoms with Gasteiger partial charge in [0, 0.05) is 35.1 Å². The van der Waals surface area contributed by atoms with Gasteiger partial charge in [-0.25, -0.2) is 0 Å². The van der Waals surface area contributed by atoms with Crippen molar-refractivity contribution in [1.82, 2.24) is 19.7 Å². The summed E-state index contributed by atoms with van der Waals surface area (Å²) in [6.07, 6.45) is 0.825. The number of hydrogen-bond donors (Lipinski definition) is 1. The zero-order chi connectivity index (χ0) is 22.8. The van der Waals surface area contributed by atoms with Crippen LogP contribution in [0.3, 0.4) is 0 Å². The van der Waals surface area contributed by atoms with Gasteiger partial charge in [-0.3, -0.25) is 4.79 Å². The van der Waals surface area contributed by atoms with Crippen molar-refractivity contribution in [2.75, 3.05) is 24.7 Å². The summed E-state index contributed by atoms with van der Waals surface area (Å²) in [7, 11) is 2.05. The van der Waals surface area contributed by atoms with Crippen molar-refractivity contribution in [2.24, 2.45) is 0 Å². The molecule has 1 aromatic carbocycles. The van der Waals surface area contributed by atoms with E-state index in [2.05, 4.69) is 33.5 Å². The van der Waals surface area contributed by atoms with Crippen LogP contribution < -0.4 is 5.32 Å². The van der Waals surface area contributed by atoms with Gasteiger partial charge >= 0.3 is 0 Å². The molecule has 32 heavy (non-hydrogen) atoms. The summed E-state index contributed by atoms with van der Waals surface area (Å²) in [4.78, 5) is 16.0. The Labute approximate surface area is 204 Å². The number of thiophene rings is 1. The number of halogens is 2. The third kappa shape index (κ3) is 4.65. The largest absolute Gasteiger partial charge is 0.316 e. The van der Waals surface area contributed by atoms with Gasteiger partial charge in [0.25, 0.3) is 0 Å². The first-order valence-electron chi connectivity index (χ1n) is 9.95. The molecule has 3 aromatic rings. The first-order chi connectivity index (χ1) is 15.4. The summed E-state index contributed by atoms with van der Waals surface area (Å²) < 4.78 is 1.91. The average molecular weight is 507 g/mol. The van der Waals surface area contributed by atoms with Crippen LogP contribution in [0, 0.1) is 11.3 Å². The molecule has 0 fully saturated rings. The molecule has 2 aromatic heterocycles. The molecule has 1 aliphatic heterocycles. The van der Waals surface area contributed by atoms with Crippen LogP contribution in [0.15, 0.2) is 23.4 Å². The van der Waals surface area contributed by atoms with Gasteiger partial charge in [-0.05, 0) is 44.2 Å². The summed E-state index contributed by atoms with van der Waals surface area (Å²) in [5, 5.41) is 23.3. The van der Waals surface area contributed by atoms with Crippen LogP contribution in [-0.2, 0) is 24.3 Å². The Hall–Kier alpha value is -2.09. The highest BCUT2D eigenvalue weighted by atomic mass is 35.5. The van der Waals surface area contributed by atoms with Crippen LogP contribution >= 0.6 is 46.3 Å². The molecule has 0 aliphatic carbocycles. The molecule has 0 saturated carbocycles. The van der Waals surface area contributed by atoms with E-state index in [1.807, 2.05) is 11.5 Å². The number of nitriles is 1. The SMILES string of the molecule is CCn1c(SCC(=O)Nc2sc3c(c2C#N)CCN(C)C3)nnc1-c1ccc(Cl)cc1Cl. The number of nitrogens with zero attached hydrogens (tertiary/aromatic N) is 5. The molecular weight excluding hydrogens is 487 g/mol. The smallest absolute Gasteiger partial charge is 0.235 e. The van der Waals surface area contributed by atoms with Crippen LogP contribution in [0.5, 0.6) is 0 Å². The number of likely N-dealkylation sites (N-methyl/N-ethyl adjacent to an activating group) is 1. The summed E-state index contributed by atoms with van der Waals surface area (Å²) >= 11 is 15.1. The Balaban J connectivity index is 1.47. The normalized spacial score (nSPS) is 13.6. The zero-order valence-corrected chi connectivity index (χ0v) is 20.6. The molecule has 166 valence electrons. The van der Waals surface area contributed by atoms with E-state index in [0.29, 0.717) is 38.1 Å². The quantitative estimate of drug-likeness (QED) is 0.477. The zero-order valence-electron chi connectivity index (χ0n) is 17.5. The summed E-state index contributed by atoms with van der Waals surface area (Å²) in [6.45, 7) is 4.31. The second-order valence-corrected chi connectivity index (χ2v) is 10.2. The lowest BCUT2D eigenvalue weighted by Crippen LogP contribution is -2.25. The van der Waals surface area contributed by atoms with Crippen LogP contribution in [-0.4, -0.2) is 44.9 Å². The molecule has 3 heterocycles. The highest BCUT2D eigenvalue weighted by molar-refractivity contribution is 7.99. The Morgan fingerprint density at radius 3 is 2.91 bits per heavy atom. The summed E-state index contributed by atoms with van der Waals surface area (Å²) in [5.41, 5.74) is 2.39. The molecular formula is C21H20Cl2N6OS2. The van der Waals surface area contributed by atoms with Crippen LogP contribution in [0.1, 0.15) is 22.9 Å². The van der Waals surface area contributed by atoms with Crippen LogP contribution in [0.25, 0.3) is 11.4 Å². The Bertz CT molecular complexity index is 1220. The van der Waals surface area contributed by atoms with Crippen molar-refractivity contribution in [2.45, 2.75) is 31.6 Å². The predicted molar refractivity (Wildman–Crippen MR) is 130 cm³/mol. The van der Waals surface area contributed by atoms with Gasteiger partial charge in [-0.1, -0.05) is 35.0 Å². The number of carbonyl (C=O) groups is 1. The van der Waals surface area contributed by atoms with E-state index in [4.69, 9.17) is 23.2 Å². The molecule has 0 unspecified atom stereocenters. The molecule has 11 heteroatoms. The first-order valence-corrected chi connectivity index (χ1v) is 12.5. The second kappa shape index (κ2) is 9.81. The maximum absolute atomic E-state index is 12.7. The molecule has 7 nitrogen and oxygen atoms in total. The Morgan fingerprint density at radius 2 is 2.19 bits per heavy atom. The minimum atomic E-state index is -0.185. The van der Waals surface area contributed by atoms with Crippen molar-refractivity contribution < 1.29 is 4.79 Å². The number of hydrogen-bond acceptors (Lipinski definition) is 7.